The zero-order valence-electron chi connectivity index (χ0n) is 11.9. The maximum absolute atomic E-state index is 12.5. The maximum Gasteiger partial charge on any atom is 0.232 e. The van der Waals surface area contributed by atoms with Gasteiger partial charge in [0, 0.05) is 23.4 Å². The van der Waals surface area contributed by atoms with Crippen LogP contribution in [0.5, 0.6) is 0 Å². The van der Waals surface area contributed by atoms with E-state index in [-0.39, 0.29) is 11.8 Å². The monoisotopic (exact) mass is 298 g/mol. The Morgan fingerprint density at radius 1 is 1.38 bits per heavy atom. The van der Waals surface area contributed by atoms with Crippen LogP contribution in [-0.4, -0.2) is 17.4 Å². The minimum Gasteiger partial charge on any atom is -0.284 e. The second kappa shape index (κ2) is 6.22. The van der Waals surface area contributed by atoms with Gasteiger partial charge in [0.25, 0.3) is 0 Å². The molecular weight excluding hydrogens is 280 g/mol. The Bertz CT molecular complexity index is 631. The molecule has 1 amide bonds. The second-order valence-corrected chi connectivity index (χ2v) is 6.08. The van der Waals surface area contributed by atoms with E-state index in [1.54, 1.807) is 11.0 Å². The molecule has 1 aromatic heterocycles. The minimum atomic E-state index is 0.175. The molecule has 21 heavy (non-hydrogen) atoms. The summed E-state index contributed by atoms with van der Waals surface area (Å²) in [5.74, 6) is 0.365. The van der Waals surface area contributed by atoms with Gasteiger partial charge in [-0.3, -0.25) is 9.69 Å². The average molecular weight is 298 g/mol. The molecule has 4 heteroatoms. The maximum atomic E-state index is 12.5. The molecule has 0 bridgehead atoms. The zero-order chi connectivity index (χ0) is 14.7. The number of hydrogen-bond donors (Lipinski definition) is 0. The highest BCUT2D eigenvalue weighted by Crippen LogP contribution is 2.33. The van der Waals surface area contributed by atoms with Crippen LogP contribution >= 0.6 is 11.3 Å². The number of carbonyl (C=O) groups is 1. The van der Waals surface area contributed by atoms with Crippen molar-refractivity contribution in [1.29, 1.82) is 0 Å². The van der Waals surface area contributed by atoms with Crippen LogP contribution in [0.2, 0.25) is 0 Å². The number of rotatable bonds is 5. The molecule has 0 atom stereocenters. The predicted molar refractivity (Wildman–Crippen MR) is 87.4 cm³/mol. The SMILES string of the molecule is C=CCN(C(=O)C1CCC1)c1nc(-c2ccccc2)cs1. The van der Waals surface area contributed by atoms with Crippen LogP contribution in [0.4, 0.5) is 5.13 Å². The van der Waals surface area contributed by atoms with Gasteiger partial charge in [-0.25, -0.2) is 4.98 Å². The van der Waals surface area contributed by atoms with Gasteiger partial charge in [-0.15, -0.1) is 17.9 Å². The first-order valence-electron chi connectivity index (χ1n) is 7.23. The normalized spacial score (nSPS) is 14.5. The van der Waals surface area contributed by atoms with Crippen LogP contribution in [0, 0.1) is 5.92 Å². The summed E-state index contributed by atoms with van der Waals surface area (Å²) in [6.45, 7) is 4.28. The molecule has 1 fully saturated rings. The first-order valence-corrected chi connectivity index (χ1v) is 8.11. The summed E-state index contributed by atoms with van der Waals surface area (Å²) in [6.07, 6.45) is 4.93. The zero-order valence-corrected chi connectivity index (χ0v) is 12.7. The average Bonchev–Trinajstić information content (AvgIpc) is 2.93. The fourth-order valence-corrected chi connectivity index (χ4v) is 3.25. The Morgan fingerprint density at radius 3 is 2.76 bits per heavy atom. The van der Waals surface area contributed by atoms with E-state index in [1.807, 2.05) is 35.7 Å². The van der Waals surface area contributed by atoms with E-state index in [1.165, 1.54) is 11.3 Å². The predicted octanol–water partition coefficient (Wildman–Crippen LogP) is 4.13. The highest BCUT2D eigenvalue weighted by Gasteiger charge is 2.30. The number of amides is 1. The molecule has 1 aliphatic rings. The van der Waals surface area contributed by atoms with Gasteiger partial charge in [0.15, 0.2) is 5.13 Å². The number of carbonyl (C=O) groups excluding carboxylic acids is 1. The Balaban J connectivity index is 1.84. The van der Waals surface area contributed by atoms with E-state index in [9.17, 15) is 4.79 Å². The summed E-state index contributed by atoms with van der Waals surface area (Å²) >= 11 is 1.52. The topological polar surface area (TPSA) is 33.2 Å². The van der Waals surface area contributed by atoms with Crippen molar-refractivity contribution in [2.24, 2.45) is 5.92 Å². The molecular formula is C17H18N2OS. The highest BCUT2D eigenvalue weighted by atomic mass is 32.1. The van der Waals surface area contributed by atoms with Crippen molar-refractivity contribution in [3.05, 3.63) is 48.4 Å². The molecule has 0 N–H and O–H groups in total. The van der Waals surface area contributed by atoms with E-state index < -0.39 is 0 Å². The number of thiazole rings is 1. The van der Waals surface area contributed by atoms with Gasteiger partial charge in [-0.2, -0.15) is 0 Å². The third-order valence-corrected chi connectivity index (χ3v) is 4.69. The molecule has 3 nitrogen and oxygen atoms in total. The van der Waals surface area contributed by atoms with E-state index in [0.29, 0.717) is 6.54 Å². The number of aromatic nitrogens is 1. The van der Waals surface area contributed by atoms with E-state index in [2.05, 4.69) is 11.6 Å². The third kappa shape index (κ3) is 2.90. The molecule has 108 valence electrons. The van der Waals surface area contributed by atoms with Crippen LogP contribution in [0.15, 0.2) is 48.4 Å². The van der Waals surface area contributed by atoms with Gasteiger partial charge in [0.05, 0.1) is 5.69 Å². The van der Waals surface area contributed by atoms with Crippen molar-refractivity contribution >= 4 is 22.4 Å². The van der Waals surface area contributed by atoms with Gasteiger partial charge in [0.1, 0.15) is 0 Å². The minimum absolute atomic E-state index is 0.175. The number of benzene rings is 1. The third-order valence-electron chi connectivity index (χ3n) is 3.82. The molecule has 0 unspecified atom stereocenters. The summed E-state index contributed by atoms with van der Waals surface area (Å²) in [5, 5.41) is 2.78. The summed E-state index contributed by atoms with van der Waals surface area (Å²) in [7, 11) is 0. The summed E-state index contributed by atoms with van der Waals surface area (Å²) < 4.78 is 0. The van der Waals surface area contributed by atoms with Crippen LogP contribution < -0.4 is 4.90 Å². The Hall–Kier alpha value is -1.94. The molecule has 2 aromatic rings. The van der Waals surface area contributed by atoms with E-state index in [4.69, 9.17) is 0 Å². The molecule has 1 aromatic carbocycles. The quantitative estimate of drug-likeness (QED) is 0.778. The first-order chi connectivity index (χ1) is 10.3. The van der Waals surface area contributed by atoms with Gasteiger partial charge < -0.3 is 0 Å². The Labute approximate surface area is 128 Å². The summed E-state index contributed by atoms with van der Waals surface area (Å²) in [6, 6.07) is 10.0. The van der Waals surface area contributed by atoms with Crippen molar-refractivity contribution in [1.82, 2.24) is 4.98 Å². The lowest BCUT2D eigenvalue weighted by molar-refractivity contribution is -0.124. The van der Waals surface area contributed by atoms with Gasteiger partial charge in [-0.05, 0) is 12.8 Å². The van der Waals surface area contributed by atoms with Gasteiger partial charge >= 0.3 is 0 Å². The molecule has 0 saturated heterocycles. The molecule has 1 saturated carbocycles. The fourth-order valence-electron chi connectivity index (χ4n) is 2.40. The smallest absolute Gasteiger partial charge is 0.232 e. The van der Waals surface area contributed by atoms with Crippen LogP contribution in [0.25, 0.3) is 11.3 Å². The lowest BCUT2D eigenvalue weighted by Gasteiger charge is -2.29. The van der Waals surface area contributed by atoms with Crippen molar-refractivity contribution in [3.8, 4) is 11.3 Å². The second-order valence-electron chi connectivity index (χ2n) is 5.25. The van der Waals surface area contributed by atoms with Crippen molar-refractivity contribution in [3.63, 3.8) is 0 Å². The Kier molecular flexibility index (Phi) is 4.15. The van der Waals surface area contributed by atoms with Crippen LogP contribution in [0.1, 0.15) is 19.3 Å². The van der Waals surface area contributed by atoms with Crippen molar-refractivity contribution < 1.29 is 4.79 Å². The fraction of sp³-hybridized carbons (Fsp3) is 0.294. The molecule has 0 spiro atoms. The summed E-state index contributed by atoms with van der Waals surface area (Å²) in [4.78, 5) is 18.9. The lowest BCUT2D eigenvalue weighted by atomic mass is 9.84. The van der Waals surface area contributed by atoms with Crippen molar-refractivity contribution in [2.45, 2.75) is 19.3 Å². The van der Waals surface area contributed by atoms with Gasteiger partial charge in [-0.1, -0.05) is 42.8 Å². The number of anilines is 1. The lowest BCUT2D eigenvalue weighted by Crippen LogP contribution is -2.39. The standard InChI is InChI=1S/C17H18N2OS/c1-2-11-19(16(20)14-9-6-10-14)17-18-15(12-21-17)13-7-4-3-5-8-13/h2-5,7-8,12,14H,1,6,9-11H2. The van der Waals surface area contributed by atoms with Crippen LogP contribution in [-0.2, 0) is 4.79 Å². The van der Waals surface area contributed by atoms with Gasteiger partial charge in [0.2, 0.25) is 5.91 Å². The van der Waals surface area contributed by atoms with E-state index >= 15 is 0 Å². The van der Waals surface area contributed by atoms with Crippen LogP contribution in [0.3, 0.4) is 0 Å². The summed E-state index contributed by atoms with van der Waals surface area (Å²) in [5.41, 5.74) is 2.00. The Morgan fingerprint density at radius 2 is 2.14 bits per heavy atom. The first kappa shape index (κ1) is 14.0. The highest BCUT2D eigenvalue weighted by molar-refractivity contribution is 7.14. The molecule has 0 radical (unpaired) electrons. The molecule has 1 heterocycles. The van der Waals surface area contributed by atoms with E-state index in [0.717, 1.165) is 35.7 Å². The molecule has 1 aliphatic carbocycles. The molecule has 3 rings (SSSR count). The number of hydrogen-bond acceptors (Lipinski definition) is 3. The van der Waals surface area contributed by atoms with Crippen molar-refractivity contribution in [2.75, 3.05) is 11.4 Å². The number of nitrogens with zero attached hydrogens (tertiary/aromatic N) is 2. The molecule has 0 aliphatic heterocycles. The largest absolute Gasteiger partial charge is 0.284 e.